The fourth-order valence-corrected chi connectivity index (χ4v) is 9.14. The summed E-state index contributed by atoms with van der Waals surface area (Å²) < 4.78 is 109. The Kier molecular flexibility index (Phi) is 14.3. The fraction of sp³-hybridized carbons (Fsp3) is 0.394. The first-order valence-corrected chi connectivity index (χ1v) is 18.3. The van der Waals surface area contributed by atoms with Gasteiger partial charge in [-0.3, -0.25) is 9.13 Å². The van der Waals surface area contributed by atoms with E-state index in [1.165, 1.54) is 36.4 Å². The van der Waals surface area contributed by atoms with Crippen LogP contribution in [0.25, 0.3) is 17.2 Å². The summed E-state index contributed by atoms with van der Waals surface area (Å²) in [6, 6.07) is 16.2. The number of hydrogen-bond acceptors (Lipinski definition) is 8. The molecule has 0 N–H and O–H groups in total. The summed E-state index contributed by atoms with van der Waals surface area (Å²) in [5.74, 6) is 0.0804. The number of halogens is 4. The summed E-state index contributed by atoms with van der Waals surface area (Å²) in [5.41, 5.74) is 1.31. The zero-order valence-corrected chi connectivity index (χ0v) is 28.9. The van der Waals surface area contributed by atoms with E-state index in [1.807, 2.05) is 0 Å². The standard InChI is InChI=1S/C33H41F4NO7P2/c1-6-42-46(39,43-7-2)32(47(40,44-8-3)45-9-4)24-25-11-20-30(34)31(23-25)38(5)21-10-22-41-29-18-14-27(15-19-29)26-12-16-28(17-13-26)33(35,36)37/h11-20,23-24H,6-10,21-22H2,1-5H3. The molecule has 0 fully saturated rings. The van der Waals surface area contributed by atoms with Crippen LogP contribution in [-0.2, 0) is 33.4 Å². The number of alkyl halides is 3. The molecule has 0 radical (unpaired) electrons. The average Bonchev–Trinajstić information content (AvgIpc) is 3.03. The van der Waals surface area contributed by atoms with Crippen LogP contribution in [0.2, 0.25) is 0 Å². The molecule has 0 aliphatic rings. The highest BCUT2D eigenvalue weighted by atomic mass is 31.2. The number of benzene rings is 3. The molecule has 0 aliphatic heterocycles. The van der Waals surface area contributed by atoms with Crippen molar-refractivity contribution in [2.24, 2.45) is 0 Å². The molecule has 47 heavy (non-hydrogen) atoms. The monoisotopic (exact) mass is 701 g/mol. The van der Waals surface area contributed by atoms with Crippen molar-refractivity contribution in [3.05, 3.63) is 88.7 Å². The van der Waals surface area contributed by atoms with Gasteiger partial charge in [-0.25, -0.2) is 4.39 Å². The van der Waals surface area contributed by atoms with Crippen LogP contribution >= 0.6 is 15.2 Å². The first-order chi connectivity index (χ1) is 22.3. The van der Waals surface area contributed by atoms with Gasteiger partial charge in [-0.05, 0) is 93.3 Å². The number of nitrogens with zero attached hydrogens (tertiary/aromatic N) is 1. The van der Waals surface area contributed by atoms with Crippen molar-refractivity contribution in [1.82, 2.24) is 0 Å². The minimum absolute atomic E-state index is 0.00956. The van der Waals surface area contributed by atoms with Crippen LogP contribution in [-0.4, -0.2) is 46.6 Å². The second kappa shape index (κ2) is 17.4. The molecule has 0 aromatic heterocycles. The Balaban J connectivity index is 1.72. The molecule has 0 spiro atoms. The minimum atomic E-state index is -4.39. The molecule has 0 saturated carbocycles. The van der Waals surface area contributed by atoms with E-state index in [-0.39, 0.29) is 37.2 Å². The smallest absolute Gasteiger partial charge is 0.416 e. The van der Waals surface area contributed by atoms with Crippen LogP contribution < -0.4 is 9.64 Å². The second-order valence-electron chi connectivity index (χ2n) is 10.1. The van der Waals surface area contributed by atoms with Gasteiger partial charge in [0, 0.05) is 13.6 Å². The quantitative estimate of drug-likeness (QED) is 0.0736. The summed E-state index contributed by atoms with van der Waals surface area (Å²) in [7, 11) is -6.54. The SMILES string of the molecule is CCOP(=O)(OCC)C(=Cc1ccc(F)c(N(C)CCCOc2ccc(-c3ccc(C(F)(F)F)cc3)cc2)c1)P(=O)(OCC)OCC. The van der Waals surface area contributed by atoms with Gasteiger partial charge in [0.05, 0.1) is 44.3 Å². The van der Waals surface area contributed by atoms with E-state index < -0.39 is 32.7 Å². The maximum absolute atomic E-state index is 15.0. The van der Waals surface area contributed by atoms with E-state index in [9.17, 15) is 26.7 Å². The van der Waals surface area contributed by atoms with Crippen molar-refractivity contribution < 1.29 is 49.5 Å². The molecule has 3 aromatic rings. The van der Waals surface area contributed by atoms with Crippen molar-refractivity contribution >= 4 is 27.0 Å². The third-order valence-corrected chi connectivity index (χ3v) is 12.0. The number of ether oxygens (including phenoxy) is 1. The number of hydrogen-bond donors (Lipinski definition) is 0. The highest BCUT2D eigenvalue weighted by Crippen LogP contribution is 2.74. The zero-order valence-electron chi connectivity index (χ0n) is 27.1. The Labute approximate surface area is 273 Å². The van der Waals surface area contributed by atoms with Crippen molar-refractivity contribution in [2.45, 2.75) is 40.3 Å². The van der Waals surface area contributed by atoms with Gasteiger partial charge in [0.2, 0.25) is 0 Å². The Morgan fingerprint density at radius 1 is 0.766 bits per heavy atom. The molecular formula is C33H41F4NO7P2. The average molecular weight is 702 g/mol. The minimum Gasteiger partial charge on any atom is -0.494 e. The van der Waals surface area contributed by atoms with E-state index in [1.54, 1.807) is 63.9 Å². The van der Waals surface area contributed by atoms with Crippen LogP contribution in [0.1, 0.15) is 45.2 Å². The molecule has 258 valence electrons. The first kappa shape index (κ1) is 38.5. The Bertz CT molecular complexity index is 1510. The lowest BCUT2D eigenvalue weighted by Crippen LogP contribution is -2.21. The molecule has 0 aliphatic carbocycles. The van der Waals surface area contributed by atoms with Crippen LogP contribution in [0.3, 0.4) is 0 Å². The molecule has 3 rings (SSSR count). The van der Waals surface area contributed by atoms with E-state index >= 15 is 0 Å². The molecule has 3 aromatic carbocycles. The highest BCUT2D eigenvalue weighted by Gasteiger charge is 2.45. The number of rotatable bonds is 18. The van der Waals surface area contributed by atoms with Gasteiger partial charge < -0.3 is 27.7 Å². The molecule has 0 saturated heterocycles. The van der Waals surface area contributed by atoms with Gasteiger partial charge in [0.1, 0.15) is 11.6 Å². The maximum atomic E-state index is 15.0. The third kappa shape index (κ3) is 10.5. The normalized spacial score (nSPS) is 12.2. The van der Waals surface area contributed by atoms with Crippen LogP contribution in [0.15, 0.2) is 71.8 Å². The summed E-state index contributed by atoms with van der Waals surface area (Å²) in [4.78, 5) is 1.69. The largest absolute Gasteiger partial charge is 0.494 e. The predicted molar refractivity (Wildman–Crippen MR) is 176 cm³/mol. The van der Waals surface area contributed by atoms with Gasteiger partial charge >= 0.3 is 21.4 Å². The lowest BCUT2D eigenvalue weighted by Gasteiger charge is -2.26. The topological polar surface area (TPSA) is 83.5 Å². The molecule has 0 bridgehead atoms. The predicted octanol–water partition coefficient (Wildman–Crippen LogP) is 10.2. The molecule has 0 atom stereocenters. The Hall–Kier alpha value is -2.98. The molecule has 0 heterocycles. The van der Waals surface area contributed by atoms with Gasteiger partial charge in [0.15, 0.2) is 5.06 Å². The van der Waals surface area contributed by atoms with E-state index in [2.05, 4.69) is 0 Å². The summed E-state index contributed by atoms with van der Waals surface area (Å²) in [5, 5.41) is -0.268. The van der Waals surface area contributed by atoms with Crippen molar-refractivity contribution in [2.75, 3.05) is 51.5 Å². The zero-order chi connectivity index (χ0) is 34.7. The highest BCUT2D eigenvalue weighted by molar-refractivity contribution is 7.79. The summed E-state index contributed by atoms with van der Waals surface area (Å²) >= 11 is 0. The van der Waals surface area contributed by atoms with Gasteiger partial charge in [-0.1, -0.05) is 30.3 Å². The molecule has 14 heteroatoms. The van der Waals surface area contributed by atoms with E-state index in [4.69, 9.17) is 22.8 Å². The molecule has 0 amide bonds. The van der Waals surface area contributed by atoms with E-state index in [0.717, 1.165) is 17.7 Å². The van der Waals surface area contributed by atoms with Crippen molar-refractivity contribution in [1.29, 1.82) is 0 Å². The Morgan fingerprint density at radius 2 is 1.26 bits per heavy atom. The van der Waals surface area contributed by atoms with Crippen LogP contribution in [0.4, 0.5) is 23.2 Å². The first-order valence-electron chi connectivity index (χ1n) is 15.2. The molecule has 8 nitrogen and oxygen atoms in total. The lowest BCUT2D eigenvalue weighted by molar-refractivity contribution is -0.137. The lowest BCUT2D eigenvalue weighted by atomic mass is 10.0. The maximum Gasteiger partial charge on any atom is 0.416 e. The van der Waals surface area contributed by atoms with Gasteiger partial charge in [-0.2, -0.15) is 13.2 Å². The van der Waals surface area contributed by atoms with Crippen LogP contribution in [0.5, 0.6) is 5.75 Å². The third-order valence-electron chi connectivity index (χ3n) is 6.74. The van der Waals surface area contributed by atoms with Crippen LogP contribution in [0, 0.1) is 5.82 Å². The Morgan fingerprint density at radius 3 is 1.72 bits per heavy atom. The summed E-state index contributed by atoms with van der Waals surface area (Å²) in [6.45, 7) is 7.27. The summed E-state index contributed by atoms with van der Waals surface area (Å²) in [6.07, 6.45) is -2.51. The molecule has 0 unspecified atom stereocenters. The number of anilines is 1. The fourth-order valence-electron chi connectivity index (χ4n) is 4.60. The second-order valence-corrected chi connectivity index (χ2v) is 14.4. The van der Waals surface area contributed by atoms with Gasteiger partial charge in [-0.15, -0.1) is 0 Å². The van der Waals surface area contributed by atoms with E-state index in [0.29, 0.717) is 36.4 Å². The van der Waals surface area contributed by atoms with Crippen molar-refractivity contribution in [3.63, 3.8) is 0 Å². The van der Waals surface area contributed by atoms with Gasteiger partial charge in [0.25, 0.3) is 0 Å². The van der Waals surface area contributed by atoms with Crippen molar-refractivity contribution in [3.8, 4) is 16.9 Å². The molecular weight excluding hydrogens is 660 g/mol.